The second kappa shape index (κ2) is 3.99. The van der Waals surface area contributed by atoms with E-state index in [9.17, 15) is 0 Å². The first-order valence-electron chi connectivity index (χ1n) is 6.15. The van der Waals surface area contributed by atoms with Crippen molar-refractivity contribution in [2.75, 3.05) is 7.11 Å². The molecule has 1 aliphatic carbocycles. The van der Waals surface area contributed by atoms with Crippen molar-refractivity contribution < 1.29 is 4.74 Å². The van der Waals surface area contributed by atoms with Gasteiger partial charge in [-0.15, -0.1) is 0 Å². The number of benzene rings is 1. The van der Waals surface area contributed by atoms with Crippen LogP contribution in [0.2, 0.25) is 0 Å². The molecule has 0 atom stereocenters. The monoisotopic (exact) mass is 228 g/mol. The maximum absolute atomic E-state index is 5.47. The van der Waals surface area contributed by atoms with Gasteiger partial charge in [0.15, 0.2) is 0 Å². The highest BCUT2D eigenvalue weighted by Gasteiger charge is 2.27. The molecule has 0 spiro atoms. The van der Waals surface area contributed by atoms with Gasteiger partial charge in [0, 0.05) is 11.5 Å². The van der Waals surface area contributed by atoms with Gasteiger partial charge in [0.05, 0.1) is 18.3 Å². The Hall–Kier alpha value is -1.64. The summed E-state index contributed by atoms with van der Waals surface area (Å²) in [5.74, 6) is 1.65. The van der Waals surface area contributed by atoms with E-state index in [1.165, 1.54) is 23.8 Å². The minimum Gasteiger partial charge on any atom is -0.496 e. The van der Waals surface area contributed by atoms with E-state index in [0.29, 0.717) is 5.92 Å². The summed E-state index contributed by atoms with van der Waals surface area (Å²) < 4.78 is 5.47. The molecule has 1 aliphatic rings. The minimum atomic E-state index is 0.680. The van der Waals surface area contributed by atoms with Crippen molar-refractivity contribution in [2.45, 2.75) is 32.1 Å². The molecule has 0 amide bonds. The fraction of sp³-hybridized carbons (Fsp3) is 0.429. The van der Waals surface area contributed by atoms with Crippen LogP contribution in [0.3, 0.4) is 0 Å². The normalized spacial score (nSPS) is 15.2. The number of rotatable bonds is 3. The lowest BCUT2D eigenvalue weighted by atomic mass is 10.0. The van der Waals surface area contributed by atoms with Crippen LogP contribution in [-0.4, -0.2) is 17.1 Å². The third-order valence-corrected chi connectivity index (χ3v) is 3.42. The van der Waals surface area contributed by atoms with Crippen LogP contribution in [0.5, 0.6) is 5.75 Å². The average Bonchev–Trinajstić information content (AvgIpc) is 3.20. The summed E-state index contributed by atoms with van der Waals surface area (Å²) >= 11 is 0. The lowest BCUT2D eigenvalue weighted by molar-refractivity contribution is 0.410. The summed E-state index contributed by atoms with van der Waals surface area (Å²) in [5, 5.41) is 1.18. The van der Waals surface area contributed by atoms with E-state index in [0.717, 1.165) is 23.4 Å². The second-order valence-corrected chi connectivity index (χ2v) is 4.56. The van der Waals surface area contributed by atoms with E-state index in [1.54, 1.807) is 13.4 Å². The summed E-state index contributed by atoms with van der Waals surface area (Å²) in [4.78, 5) is 8.68. The highest BCUT2D eigenvalue weighted by molar-refractivity contribution is 5.83. The fourth-order valence-corrected chi connectivity index (χ4v) is 2.33. The van der Waals surface area contributed by atoms with Crippen molar-refractivity contribution in [1.82, 2.24) is 9.97 Å². The molecular weight excluding hydrogens is 212 g/mol. The Morgan fingerprint density at radius 3 is 2.76 bits per heavy atom. The maximum atomic E-state index is 5.47. The van der Waals surface area contributed by atoms with Gasteiger partial charge in [0.25, 0.3) is 0 Å². The molecule has 0 bridgehead atoms. The van der Waals surface area contributed by atoms with Crippen molar-refractivity contribution >= 4 is 10.9 Å². The molecule has 1 fully saturated rings. The Morgan fingerprint density at radius 2 is 2.12 bits per heavy atom. The van der Waals surface area contributed by atoms with Crippen LogP contribution in [0.15, 0.2) is 18.5 Å². The van der Waals surface area contributed by atoms with Gasteiger partial charge < -0.3 is 4.74 Å². The van der Waals surface area contributed by atoms with Gasteiger partial charge in [-0.2, -0.15) is 0 Å². The number of hydrogen-bond donors (Lipinski definition) is 0. The number of fused-ring (bicyclic) bond motifs is 1. The standard InChI is InChI=1S/C14H16N2O/c1-3-12-11-6-10(9-4-5-9)14(17-2)7-13(11)16-8-15-12/h6-9H,3-5H2,1-2H3. The van der Waals surface area contributed by atoms with Crippen LogP contribution in [0.4, 0.5) is 0 Å². The summed E-state index contributed by atoms with van der Waals surface area (Å²) in [6.45, 7) is 2.13. The molecule has 0 aliphatic heterocycles. The highest BCUT2D eigenvalue weighted by Crippen LogP contribution is 2.45. The van der Waals surface area contributed by atoms with Crippen molar-refractivity contribution in [2.24, 2.45) is 0 Å². The van der Waals surface area contributed by atoms with E-state index in [2.05, 4.69) is 23.0 Å². The van der Waals surface area contributed by atoms with Crippen molar-refractivity contribution in [3.05, 3.63) is 29.7 Å². The molecule has 1 aromatic carbocycles. The van der Waals surface area contributed by atoms with Crippen LogP contribution in [0.25, 0.3) is 10.9 Å². The molecule has 3 nitrogen and oxygen atoms in total. The zero-order chi connectivity index (χ0) is 11.8. The molecule has 3 rings (SSSR count). The molecule has 0 N–H and O–H groups in total. The Morgan fingerprint density at radius 1 is 1.29 bits per heavy atom. The lowest BCUT2D eigenvalue weighted by Gasteiger charge is -2.10. The zero-order valence-corrected chi connectivity index (χ0v) is 10.2. The van der Waals surface area contributed by atoms with Crippen molar-refractivity contribution in [3.63, 3.8) is 0 Å². The van der Waals surface area contributed by atoms with E-state index < -0.39 is 0 Å². The molecule has 88 valence electrons. The third kappa shape index (κ3) is 1.75. The van der Waals surface area contributed by atoms with Gasteiger partial charge in [0.2, 0.25) is 0 Å². The van der Waals surface area contributed by atoms with Gasteiger partial charge in [-0.05, 0) is 36.8 Å². The second-order valence-electron chi connectivity index (χ2n) is 4.56. The van der Waals surface area contributed by atoms with Crippen LogP contribution in [0, 0.1) is 0 Å². The van der Waals surface area contributed by atoms with Gasteiger partial charge in [0.1, 0.15) is 12.1 Å². The highest BCUT2D eigenvalue weighted by atomic mass is 16.5. The van der Waals surface area contributed by atoms with Gasteiger partial charge >= 0.3 is 0 Å². The van der Waals surface area contributed by atoms with Gasteiger partial charge in [-0.3, -0.25) is 0 Å². The third-order valence-electron chi connectivity index (χ3n) is 3.42. The molecular formula is C14H16N2O. The predicted octanol–water partition coefficient (Wildman–Crippen LogP) is 3.08. The number of hydrogen-bond acceptors (Lipinski definition) is 3. The molecule has 1 saturated carbocycles. The molecule has 0 unspecified atom stereocenters. The Bertz CT molecular complexity index is 561. The molecule has 0 radical (unpaired) electrons. The van der Waals surface area contributed by atoms with Gasteiger partial charge in [-0.25, -0.2) is 9.97 Å². The average molecular weight is 228 g/mol. The molecule has 1 aromatic heterocycles. The maximum Gasteiger partial charge on any atom is 0.124 e. The smallest absolute Gasteiger partial charge is 0.124 e. The quantitative estimate of drug-likeness (QED) is 0.809. The zero-order valence-electron chi connectivity index (χ0n) is 10.2. The van der Waals surface area contributed by atoms with Crippen LogP contribution < -0.4 is 4.74 Å². The molecule has 3 heteroatoms. The van der Waals surface area contributed by atoms with E-state index >= 15 is 0 Å². The first kappa shape index (κ1) is 10.5. The predicted molar refractivity (Wildman–Crippen MR) is 67.4 cm³/mol. The van der Waals surface area contributed by atoms with Crippen molar-refractivity contribution in [3.8, 4) is 5.75 Å². The van der Waals surface area contributed by atoms with Crippen LogP contribution in [0.1, 0.15) is 36.9 Å². The molecule has 2 aromatic rings. The van der Waals surface area contributed by atoms with Crippen molar-refractivity contribution in [1.29, 1.82) is 0 Å². The topological polar surface area (TPSA) is 35.0 Å². The van der Waals surface area contributed by atoms with Gasteiger partial charge in [-0.1, -0.05) is 6.92 Å². The number of methoxy groups -OCH3 is 1. The summed E-state index contributed by atoms with van der Waals surface area (Å²) in [5.41, 5.74) is 3.43. The summed E-state index contributed by atoms with van der Waals surface area (Å²) in [6, 6.07) is 4.27. The van der Waals surface area contributed by atoms with Crippen LogP contribution in [-0.2, 0) is 6.42 Å². The lowest BCUT2D eigenvalue weighted by Crippen LogP contribution is -1.96. The Labute approximate surface area is 101 Å². The number of nitrogens with zero attached hydrogens (tertiary/aromatic N) is 2. The Kier molecular flexibility index (Phi) is 2.46. The number of aromatic nitrogens is 2. The van der Waals surface area contributed by atoms with Crippen LogP contribution >= 0.6 is 0 Å². The Balaban J connectivity index is 2.25. The minimum absolute atomic E-state index is 0.680. The van der Waals surface area contributed by atoms with E-state index in [4.69, 9.17) is 4.74 Å². The summed E-state index contributed by atoms with van der Waals surface area (Å²) in [7, 11) is 1.73. The molecule has 0 saturated heterocycles. The molecule has 1 heterocycles. The first-order valence-corrected chi connectivity index (χ1v) is 6.15. The fourth-order valence-electron chi connectivity index (χ4n) is 2.33. The first-order chi connectivity index (χ1) is 8.33. The largest absolute Gasteiger partial charge is 0.496 e. The van der Waals surface area contributed by atoms with E-state index in [-0.39, 0.29) is 0 Å². The molecule has 17 heavy (non-hydrogen) atoms. The number of aryl methyl sites for hydroxylation is 1. The number of ether oxygens (including phenoxy) is 1. The summed E-state index contributed by atoms with van der Waals surface area (Å²) in [6.07, 6.45) is 5.13. The SMILES string of the molecule is CCc1ncnc2cc(OC)c(C3CC3)cc12. The van der Waals surface area contributed by atoms with E-state index in [1.807, 2.05) is 6.07 Å².